The summed E-state index contributed by atoms with van der Waals surface area (Å²) in [5.74, 6) is 0. The number of hydrogen-bond donors (Lipinski definition) is 0. The van der Waals surface area contributed by atoms with Gasteiger partial charge >= 0.3 is 0 Å². The van der Waals surface area contributed by atoms with E-state index in [9.17, 15) is 0 Å². The first-order chi connectivity index (χ1) is 29.8. The maximum atomic E-state index is 6.97. The predicted octanol–water partition coefficient (Wildman–Crippen LogP) is 17.0. The van der Waals surface area contributed by atoms with Crippen LogP contribution in [0.4, 0.5) is 0 Å². The first kappa shape index (κ1) is 33.7. The van der Waals surface area contributed by atoms with Gasteiger partial charge < -0.3 is 4.42 Å². The van der Waals surface area contributed by atoms with Crippen molar-refractivity contribution in [2.75, 3.05) is 0 Å². The van der Waals surface area contributed by atoms with Crippen molar-refractivity contribution in [2.45, 2.75) is 12.8 Å². The number of benzene rings is 10. The van der Waals surface area contributed by atoms with Gasteiger partial charge in [-0.25, -0.2) is 0 Å². The molecule has 0 saturated carbocycles. The molecule has 0 aliphatic heterocycles. The minimum absolute atomic E-state index is 0.900. The van der Waals surface area contributed by atoms with Gasteiger partial charge in [-0.3, -0.25) is 0 Å². The van der Waals surface area contributed by atoms with Crippen molar-refractivity contribution in [3.8, 4) is 44.5 Å². The van der Waals surface area contributed by atoms with E-state index < -0.39 is 0 Å². The van der Waals surface area contributed by atoms with Crippen LogP contribution in [0.2, 0.25) is 0 Å². The molecular formula is C58H36OS. The van der Waals surface area contributed by atoms with Crippen molar-refractivity contribution in [3.05, 3.63) is 199 Å². The van der Waals surface area contributed by atoms with Gasteiger partial charge in [-0.2, -0.15) is 0 Å². The highest BCUT2D eigenvalue weighted by atomic mass is 32.1. The fourth-order valence-corrected chi connectivity index (χ4v) is 11.7. The zero-order valence-corrected chi connectivity index (χ0v) is 33.5. The minimum atomic E-state index is 0.900. The summed E-state index contributed by atoms with van der Waals surface area (Å²) in [4.78, 5) is 0. The van der Waals surface area contributed by atoms with Gasteiger partial charge in [0.2, 0.25) is 0 Å². The number of hydrogen-bond acceptors (Lipinski definition) is 2. The lowest BCUT2D eigenvalue weighted by Gasteiger charge is -2.24. The molecule has 0 unspecified atom stereocenters. The van der Waals surface area contributed by atoms with Gasteiger partial charge in [-0.1, -0.05) is 176 Å². The molecule has 0 N–H and O–H groups in total. The van der Waals surface area contributed by atoms with E-state index >= 15 is 0 Å². The van der Waals surface area contributed by atoms with Crippen LogP contribution in [0.3, 0.4) is 0 Å². The van der Waals surface area contributed by atoms with Crippen LogP contribution in [-0.2, 0) is 6.42 Å². The van der Waals surface area contributed by atoms with E-state index in [4.69, 9.17) is 4.42 Å². The molecule has 2 aromatic heterocycles. The smallest absolute Gasteiger partial charge is 0.143 e. The second kappa shape index (κ2) is 13.1. The maximum absolute atomic E-state index is 6.97. The number of thiophene rings is 1. The molecule has 10 aromatic carbocycles. The first-order valence-corrected chi connectivity index (χ1v) is 21.7. The number of furan rings is 1. The highest BCUT2D eigenvalue weighted by Gasteiger charge is 2.25. The van der Waals surface area contributed by atoms with Crippen molar-refractivity contribution in [1.29, 1.82) is 0 Å². The lowest BCUT2D eigenvalue weighted by molar-refractivity contribution is 0.670. The van der Waals surface area contributed by atoms with Crippen LogP contribution in [0.25, 0.3) is 125 Å². The second-order valence-corrected chi connectivity index (χ2v) is 17.2. The van der Waals surface area contributed by atoms with E-state index in [0.717, 1.165) is 40.3 Å². The van der Waals surface area contributed by atoms with Gasteiger partial charge in [-0.05, 0) is 102 Å². The van der Waals surface area contributed by atoms with Crippen LogP contribution in [0.5, 0.6) is 0 Å². The Labute approximate surface area is 351 Å². The number of rotatable bonds is 4. The average molecular weight is 781 g/mol. The van der Waals surface area contributed by atoms with Gasteiger partial charge in [0.15, 0.2) is 0 Å². The van der Waals surface area contributed by atoms with E-state index in [2.05, 4.69) is 194 Å². The summed E-state index contributed by atoms with van der Waals surface area (Å²) in [6.45, 7) is 0. The quantitative estimate of drug-likeness (QED) is 0.162. The van der Waals surface area contributed by atoms with Crippen molar-refractivity contribution in [3.63, 3.8) is 0 Å². The molecule has 0 fully saturated rings. The summed E-state index contributed by atoms with van der Waals surface area (Å²) >= 11 is 1.92. The van der Waals surface area contributed by atoms with Crippen LogP contribution in [0, 0.1) is 0 Å². The summed E-state index contributed by atoms with van der Waals surface area (Å²) in [6.07, 6.45) is 6.79. The van der Waals surface area contributed by atoms with Crippen molar-refractivity contribution < 1.29 is 4.42 Å². The van der Waals surface area contributed by atoms with Crippen LogP contribution < -0.4 is 0 Å². The third kappa shape index (κ3) is 4.86. The van der Waals surface area contributed by atoms with Crippen LogP contribution >= 0.6 is 11.3 Å². The molecule has 60 heavy (non-hydrogen) atoms. The van der Waals surface area contributed by atoms with Crippen LogP contribution in [0.15, 0.2) is 192 Å². The summed E-state index contributed by atoms with van der Waals surface area (Å²) in [5.41, 5.74) is 14.6. The van der Waals surface area contributed by atoms with Crippen molar-refractivity contribution in [2.24, 2.45) is 0 Å². The van der Waals surface area contributed by atoms with Gasteiger partial charge in [0.1, 0.15) is 11.2 Å². The van der Waals surface area contributed by atoms with E-state index in [-0.39, 0.29) is 0 Å². The monoisotopic (exact) mass is 780 g/mol. The average Bonchev–Trinajstić information content (AvgIpc) is 3.89. The Morgan fingerprint density at radius 2 is 0.983 bits per heavy atom. The largest absolute Gasteiger partial charge is 0.455 e. The Kier molecular flexibility index (Phi) is 7.37. The van der Waals surface area contributed by atoms with E-state index in [0.29, 0.717) is 0 Å². The normalized spacial score (nSPS) is 12.8. The van der Waals surface area contributed by atoms with Crippen molar-refractivity contribution in [1.82, 2.24) is 0 Å². The lowest BCUT2D eigenvalue weighted by atomic mass is 9.80. The molecule has 0 atom stereocenters. The van der Waals surface area contributed by atoms with Crippen LogP contribution in [0.1, 0.15) is 17.5 Å². The Morgan fingerprint density at radius 1 is 0.400 bits per heavy atom. The van der Waals surface area contributed by atoms with E-state index in [1.165, 1.54) is 103 Å². The Balaban J connectivity index is 1.05. The molecule has 1 nitrogen and oxygen atoms in total. The molecule has 1 aliphatic carbocycles. The fraction of sp³-hybridized carbons (Fsp3) is 0.0345. The minimum Gasteiger partial charge on any atom is -0.455 e. The highest BCUT2D eigenvalue weighted by molar-refractivity contribution is 7.26. The summed E-state index contributed by atoms with van der Waals surface area (Å²) in [7, 11) is 0. The van der Waals surface area contributed by atoms with Gasteiger partial charge in [0.05, 0.1) is 0 Å². The maximum Gasteiger partial charge on any atom is 0.143 e. The Bertz CT molecular complexity index is 3710. The van der Waals surface area contributed by atoms with E-state index in [1.807, 2.05) is 11.3 Å². The molecule has 0 saturated heterocycles. The standard InChI is InChI=1S/C58H36OS/c1-2-16-35(17-3-1)53-38-19-4-8-23-42(38)55(43-24-9-5-20-39(43)53)48-29-14-27-46-50-34-36(32-33-51(50)59-57(46)48)54-40-21-6-10-25-44(40)56(45-26-11-7-22-41(45)54)49-30-15-28-47-37-18-12-13-31-52(37)60-58(47)49/h1-10,12-25,27-34H,11,26H2. The fourth-order valence-electron chi connectivity index (χ4n) is 10.4. The van der Waals surface area contributed by atoms with Gasteiger partial charge in [0, 0.05) is 47.6 Å². The molecule has 280 valence electrons. The molecule has 0 spiro atoms. The Morgan fingerprint density at radius 3 is 1.72 bits per heavy atom. The third-order valence-electron chi connectivity index (χ3n) is 12.9. The van der Waals surface area contributed by atoms with Crippen molar-refractivity contribution >= 4 is 91.8 Å². The topological polar surface area (TPSA) is 13.1 Å². The third-order valence-corrected chi connectivity index (χ3v) is 14.1. The molecule has 1 aliphatic rings. The first-order valence-electron chi connectivity index (χ1n) is 20.9. The van der Waals surface area contributed by atoms with E-state index in [1.54, 1.807) is 0 Å². The molecule has 13 rings (SSSR count). The summed E-state index contributed by atoms with van der Waals surface area (Å²) in [6, 6.07) is 66.9. The zero-order chi connectivity index (χ0) is 39.3. The number of fused-ring (bicyclic) bond motifs is 10. The molecule has 2 heterocycles. The Hall–Kier alpha value is -7.26. The molecule has 12 aromatic rings. The lowest BCUT2D eigenvalue weighted by Crippen LogP contribution is -2.02. The van der Waals surface area contributed by atoms with Crippen LogP contribution in [-0.4, -0.2) is 0 Å². The second-order valence-electron chi connectivity index (χ2n) is 16.1. The predicted molar refractivity (Wildman–Crippen MR) is 258 cm³/mol. The molecule has 0 amide bonds. The highest BCUT2D eigenvalue weighted by Crippen LogP contribution is 2.50. The number of para-hydroxylation sites is 1. The SMILES string of the molecule is C1=Cc2c(c(-c3cccc4c3sc3ccccc34)c3ccccc3c2-c2ccc3oc4c(-c5c6ccccc6c(-c6ccccc6)c6ccccc56)cccc4c3c2)CC1. The van der Waals surface area contributed by atoms with Gasteiger partial charge in [0.25, 0.3) is 0 Å². The zero-order valence-electron chi connectivity index (χ0n) is 32.7. The summed E-state index contributed by atoms with van der Waals surface area (Å²) < 4.78 is 9.68. The number of allylic oxidation sites excluding steroid dienone is 1. The van der Waals surface area contributed by atoms with Gasteiger partial charge in [-0.15, -0.1) is 11.3 Å². The molecule has 0 bridgehead atoms. The summed E-state index contributed by atoms with van der Waals surface area (Å²) in [5, 5.41) is 12.5. The molecule has 0 radical (unpaired) electrons. The molecular weight excluding hydrogens is 745 g/mol. The molecule has 2 heteroatoms.